The predicted molar refractivity (Wildman–Crippen MR) is 164 cm³/mol. The Bertz CT molecular complexity index is 1670. The minimum absolute atomic E-state index is 0.135. The molecule has 0 saturated heterocycles. The van der Waals surface area contributed by atoms with E-state index >= 15 is 0 Å². The number of hydrogen-bond acceptors (Lipinski definition) is 6. The standard InChI is InChI=1S/C32H30N4O2SSi/c1-40(2,3)19-18-38-22-36-21-26(25-16-10-11-17-28(25)36)30(37)32-34-27(20-33)31(39-32)35-29(23-12-6-4-7-13-23)24-14-8-5-9-15-24/h4-17,21H,18-19,22H2,1-3H3. The third kappa shape index (κ3) is 6.18. The van der Waals surface area contributed by atoms with Crippen LogP contribution < -0.4 is 0 Å². The van der Waals surface area contributed by atoms with Crippen molar-refractivity contribution in [3.8, 4) is 6.07 Å². The van der Waals surface area contributed by atoms with E-state index in [9.17, 15) is 10.1 Å². The highest BCUT2D eigenvalue weighted by molar-refractivity contribution is 7.17. The molecular formula is C32H30N4O2SSi. The molecule has 2 aromatic heterocycles. The van der Waals surface area contributed by atoms with E-state index in [4.69, 9.17) is 9.73 Å². The fourth-order valence-corrected chi connectivity index (χ4v) is 5.94. The summed E-state index contributed by atoms with van der Waals surface area (Å²) in [5, 5.41) is 11.4. The zero-order chi connectivity index (χ0) is 28.1. The molecule has 0 amide bonds. The summed E-state index contributed by atoms with van der Waals surface area (Å²) in [6.45, 7) is 8.02. The molecule has 0 fully saturated rings. The second kappa shape index (κ2) is 11.9. The Morgan fingerprint density at radius 2 is 1.60 bits per heavy atom. The van der Waals surface area contributed by atoms with Gasteiger partial charge in [-0.05, 0) is 12.1 Å². The lowest BCUT2D eigenvalue weighted by Crippen LogP contribution is -2.21. The molecule has 0 N–H and O–H groups in total. The zero-order valence-electron chi connectivity index (χ0n) is 22.8. The molecule has 200 valence electrons. The van der Waals surface area contributed by atoms with E-state index in [2.05, 4.69) is 30.7 Å². The molecule has 0 aliphatic rings. The second-order valence-electron chi connectivity index (χ2n) is 10.7. The van der Waals surface area contributed by atoms with Gasteiger partial charge in [0.05, 0.1) is 16.8 Å². The van der Waals surface area contributed by atoms with Gasteiger partial charge in [-0.3, -0.25) is 4.79 Å². The average molecular weight is 563 g/mol. The van der Waals surface area contributed by atoms with E-state index < -0.39 is 8.07 Å². The Morgan fingerprint density at radius 1 is 0.975 bits per heavy atom. The number of hydrogen-bond donors (Lipinski definition) is 0. The number of fused-ring (bicyclic) bond motifs is 1. The van der Waals surface area contributed by atoms with Gasteiger partial charge in [-0.2, -0.15) is 5.26 Å². The quantitative estimate of drug-likeness (QED) is 0.0757. The fourth-order valence-electron chi connectivity index (χ4n) is 4.34. The molecule has 5 aromatic rings. The maximum atomic E-state index is 13.8. The van der Waals surface area contributed by atoms with Crippen LogP contribution >= 0.6 is 11.3 Å². The smallest absolute Gasteiger partial charge is 0.223 e. The Kier molecular flexibility index (Phi) is 8.17. The van der Waals surface area contributed by atoms with Gasteiger partial charge in [0.25, 0.3) is 0 Å². The number of aliphatic imine (C=N–C) groups is 1. The van der Waals surface area contributed by atoms with Crippen LogP contribution in [0.1, 0.15) is 32.2 Å². The maximum Gasteiger partial charge on any atom is 0.223 e. The number of nitriles is 1. The van der Waals surface area contributed by atoms with Crippen molar-refractivity contribution in [3.63, 3.8) is 0 Å². The number of benzene rings is 3. The van der Waals surface area contributed by atoms with Crippen molar-refractivity contribution < 1.29 is 9.53 Å². The first kappa shape index (κ1) is 27.4. The molecule has 0 saturated carbocycles. The Hall–Kier alpha value is -4.16. The number of ether oxygens (including phenoxy) is 1. The number of thiazole rings is 1. The number of ketones is 1. The van der Waals surface area contributed by atoms with Crippen molar-refractivity contribution in [2.24, 2.45) is 4.99 Å². The van der Waals surface area contributed by atoms with Gasteiger partial charge < -0.3 is 9.30 Å². The molecule has 40 heavy (non-hydrogen) atoms. The largest absolute Gasteiger partial charge is 0.361 e. The van der Waals surface area contributed by atoms with Crippen LogP contribution in [0.4, 0.5) is 5.00 Å². The molecule has 5 rings (SSSR count). The third-order valence-corrected chi connectivity index (χ3v) is 9.13. The number of carbonyl (C=O) groups is 1. The summed E-state index contributed by atoms with van der Waals surface area (Å²) in [7, 11) is -1.20. The number of nitrogens with zero attached hydrogens (tertiary/aromatic N) is 4. The van der Waals surface area contributed by atoms with E-state index in [-0.39, 0.29) is 16.5 Å². The van der Waals surface area contributed by atoms with Crippen LogP contribution in [-0.2, 0) is 11.5 Å². The normalized spacial score (nSPS) is 11.3. The summed E-state index contributed by atoms with van der Waals surface area (Å²) in [5.74, 6) is -0.235. The van der Waals surface area contributed by atoms with E-state index in [0.717, 1.165) is 39.4 Å². The van der Waals surface area contributed by atoms with E-state index in [1.807, 2.05) is 95.7 Å². The lowest BCUT2D eigenvalue weighted by molar-refractivity contribution is 0.0899. The first-order valence-corrected chi connectivity index (χ1v) is 17.7. The molecule has 0 spiro atoms. The fraction of sp³-hybridized carbons (Fsp3) is 0.188. The minimum atomic E-state index is -1.20. The van der Waals surface area contributed by atoms with Gasteiger partial charge in [-0.1, -0.05) is 110 Å². The van der Waals surface area contributed by atoms with Gasteiger partial charge in [0.1, 0.15) is 12.8 Å². The minimum Gasteiger partial charge on any atom is -0.361 e. The summed E-state index contributed by atoms with van der Waals surface area (Å²) >= 11 is 1.14. The highest BCUT2D eigenvalue weighted by atomic mass is 32.1. The van der Waals surface area contributed by atoms with Crippen LogP contribution in [0.15, 0.2) is 96.1 Å². The highest BCUT2D eigenvalue weighted by Gasteiger charge is 2.23. The monoisotopic (exact) mass is 562 g/mol. The van der Waals surface area contributed by atoms with Crippen LogP contribution in [0, 0.1) is 11.3 Å². The SMILES string of the molecule is C[Si](C)(C)CCOCn1cc(C(=O)c2nc(C#N)c(N=C(c3ccccc3)c3ccccc3)s2)c2ccccc21. The lowest BCUT2D eigenvalue weighted by atomic mass is 10.0. The predicted octanol–water partition coefficient (Wildman–Crippen LogP) is 7.68. The Morgan fingerprint density at radius 3 is 2.23 bits per heavy atom. The number of aromatic nitrogens is 2. The molecule has 3 aromatic carbocycles. The molecule has 0 aliphatic heterocycles. The van der Waals surface area contributed by atoms with E-state index in [1.54, 1.807) is 0 Å². The Balaban J connectivity index is 1.50. The first-order valence-electron chi connectivity index (χ1n) is 13.1. The lowest BCUT2D eigenvalue weighted by Gasteiger charge is -2.15. The molecular weight excluding hydrogens is 533 g/mol. The van der Waals surface area contributed by atoms with Crippen LogP contribution in [0.5, 0.6) is 0 Å². The van der Waals surface area contributed by atoms with E-state index in [1.165, 1.54) is 0 Å². The second-order valence-corrected chi connectivity index (χ2v) is 17.3. The van der Waals surface area contributed by atoms with Gasteiger partial charge >= 0.3 is 0 Å². The topological polar surface area (TPSA) is 80.3 Å². The van der Waals surface area contributed by atoms with E-state index in [0.29, 0.717) is 29.6 Å². The van der Waals surface area contributed by atoms with Crippen molar-refractivity contribution >= 4 is 46.8 Å². The average Bonchev–Trinajstić information content (AvgIpc) is 3.55. The molecule has 0 bridgehead atoms. The van der Waals surface area contributed by atoms with Crippen molar-refractivity contribution in [2.75, 3.05) is 6.61 Å². The summed E-state index contributed by atoms with van der Waals surface area (Å²) in [6.07, 6.45) is 1.83. The Labute approximate surface area is 239 Å². The maximum absolute atomic E-state index is 13.8. The summed E-state index contributed by atoms with van der Waals surface area (Å²) in [5.41, 5.74) is 4.13. The molecule has 2 heterocycles. The molecule has 0 atom stereocenters. The number of para-hydroxylation sites is 1. The zero-order valence-corrected chi connectivity index (χ0v) is 24.6. The molecule has 8 heteroatoms. The van der Waals surface area contributed by atoms with Crippen molar-refractivity contribution in [3.05, 3.63) is 119 Å². The summed E-state index contributed by atoms with van der Waals surface area (Å²) in [6, 6.07) is 30.6. The van der Waals surface area contributed by atoms with Crippen LogP contribution in [-0.4, -0.2) is 35.7 Å². The molecule has 6 nitrogen and oxygen atoms in total. The third-order valence-electron chi connectivity index (χ3n) is 6.48. The number of carbonyl (C=O) groups excluding carboxylic acids is 1. The molecule has 0 unspecified atom stereocenters. The van der Waals surface area contributed by atoms with Gasteiger partial charge in [0, 0.05) is 37.4 Å². The molecule has 0 radical (unpaired) electrons. The van der Waals surface area contributed by atoms with Gasteiger partial charge in [-0.25, -0.2) is 9.98 Å². The van der Waals surface area contributed by atoms with Crippen molar-refractivity contribution in [1.29, 1.82) is 5.26 Å². The number of rotatable bonds is 10. The first-order chi connectivity index (χ1) is 19.3. The van der Waals surface area contributed by atoms with Crippen LogP contribution in [0.25, 0.3) is 10.9 Å². The summed E-state index contributed by atoms with van der Waals surface area (Å²) < 4.78 is 7.95. The van der Waals surface area contributed by atoms with Crippen LogP contribution in [0.2, 0.25) is 25.7 Å². The van der Waals surface area contributed by atoms with Gasteiger partial charge in [0.15, 0.2) is 15.7 Å². The van der Waals surface area contributed by atoms with Crippen molar-refractivity contribution in [2.45, 2.75) is 32.4 Å². The highest BCUT2D eigenvalue weighted by Crippen LogP contribution is 2.32. The van der Waals surface area contributed by atoms with Gasteiger partial charge in [0.2, 0.25) is 5.78 Å². The van der Waals surface area contributed by atoms with Crippen LogP contribution in [0.3, 0.4) is 0 Å². The van der Waals surface area contributed by atoms with Gasteiger partial charge in [-0.15, -0.1) is 0 Å². The molecule has 0 aliphatic carbocycles. The summed E-state index contributed by atoms with van der Waals surface area (Å²) in [4.78, 5) is 23.1. The van der Waals surface area contributed by atoms with Crippen molar-refractivity contribution in [1.82, 2.24) is 9.55 Å².